The van der Waals surface area contributed by atoms with Crippen LogP contribution in [0.25, 0.3) is 0 Å². The number of likely N-dealkylation sites (N-methyl/N-ethyl adjacent to an activating group) is 1. The van der Waals surface area contributed by atoms with Gasteiger partial charge in [0.05, 0.1) is 5.75 Å². The van der Waals surface area contributed by atoms with Gasteiger partial charge in [-0.3, -0.25) is 9.59 Å². The Kier molecular flexibility index (Phi) is 9.34. The molecular formula is C22H26Cl2N2O2S. The summed E-state index contributed by atoms with van der Waals surface area (Å²) in [5.41, 5.74) is 2.93. The largest absolute Gasteiger partial charge is 0.355 e. The molecule has 1 unspecified atom stereocenters. The standard InChI is InChI=1S/C22H26Cl2N2O2S/c1-4-25-22(28)16(3)26(12-17-9-6-5-8-15(17)2)21(27)14-29-13-18-19(23)10-7-11-20(18)24/h5-11,16H,4,12-14H2,1-3H3,(H,25,28). The van der Waals surface area contributed by atoms with Gasteiger partial charge in [-0.25, -0.2) is 0 Å². The zero-order valence-corrected chi connectivity index (χ0v) is 19.2. The third-order valence-corrected chi connectivity index (χ3v) is 6.31. The van der Waals surface area contributed by atoms with E-state index in [-0.39, 0.29) is 17.6 Å². The number of benzene rings is 2. The van der Waals surface area contributed by atoms with Crippen LogP contribution in [0.2, 0.25) is 10.0 Å². The lowest BCUT2D eigenvalue weighted by Crippen LogP contribution is -2.48. The van der Waals surface area contributed by atoms with Crippen molar-refractivity contribution >= 4 is 46.8 Å². The number of aryl methyl sites for hydroxylation is 1. The molecule has 0 saturated heterocycles. The fraction of sp³-hybridized carbons (Fsp3) is 0.364. The Labute approximate surface area is 187 Å². The highest BCUT2D eigenvalue weighted by atomic mass is 35.5. The number of hydrogen-bond acceptors (Lipinski definition) is 3. The molecule has 0 aliphatic rings. The number of rotatable bonds is 9. The van der Waals surface area contributed by atoms with Crippen LogP contribution in [0.3, 0.4) is 0 Å². The molecule has 0 heterocycles. The molecule has 156 valence electrons. The minimum absolute atomic E-state index is 0.0971. The summed E-state index contributed by atoms with van der Waals surface area (Å²) < 4.78 is 0. The fourth-order valence-electron chi connectivity index (χ4n) is 2.87. The molecule has 4 nitrogen and oxygen atoms in total. The number of hydrogen-bond donors (Lipinski definition) is 1. The lowest BCUT2D eigenvalue weighted by molar-refractivity contribution is -0.138. The van der Waals surface area contributed by atoms with Crippen molar-refractivity contribution in [1.82, 2.24) is 10.2 Å². The van der Waals surface area contributed by atoms with Crippen LogP contribution in [0.5, 0.6) is 0 Å². The SMILES string of the molecule is CCNC(=O)C(C)N(Cc1ccccc1C)C(=O)CSCc1c(Cl)cccc1Cl. The second kappa shape index (κ2) is 11.5. The first-order chi connectivity index (χ1) is 13.8. The molecule has 0 aromatic heterocycles. The Bertz CT molecular complexity index is 840. The molecule has 0 aliphatic carbocycles. The molecule has 1 N–H and O–H groups in total. The Hall–Kier alpha value is -1.69. The van der Waals surface area contributed by atoms with Crippen molar-refractivity contribution in [2.24, 2.45) is 0 Å². The van der Waals surface area contributed by atoms with Crippen molar-refractivity contribution in [3.8, 4) is 0 Å². The summed E-state index contributed by atoms with van der Waals surface area (Å²) in [6.07, 6.45) is 0. The first-order valence-corrected chi connectivity index (χ1v) is 11.4. The minimum atomic E-state index is -0.563. The molecule has 7 heteroatoms. The highest BCUT2D eigenvalue weighted by Crippen LogP contribution is 2.28. The van der Waals surface area contributed by atoms with E-state index < -0.39 is 6.04 Å². The highest BCUT2D eigenvalue weighted by molar-refractivity contribution is 7.99. The van der Waals surface area contributed by atoms with E-state index in [9.17, 15) is 9.59 Å². The van der Waals surface area contributed by atoms with Crippen LogP contribution >= 0.6 is 35.0 Å². The number of thioether (sulfide) groups is 1. The third-order valence-electron chi connectivity index (χ3n) is 4.65. The highest BCUT2D eigenvalue weighted by Gasteiger charge is 2.26. The van der Waals surface area contributed by atoms with Gasteiger partial charge in [-0.15, -0.1) is 11.8 Å². The summed E-state index contributed by atoms with van der Waals surface area (Å²) >= 11 is 13.9. The van der Waals surface area contributed by atoms with E-state index in [1.54, 1.807) is 30.0 Å². The Balaban J connectivity index is 2.11. The van der Waals surface area contributed by atoms with Gasteiger partial charge in [-0.05, 0) is 49.6 Å². The van der Waals surface area contributed by atoms with Crippen molar-refractivity contribution in [3.05, 3.63) is 69.2 Å². The van der Waals surface area contributed by atoms with E-state index in [0.29, 0.717) is 28.9 Å². The molecule has 2 aromatic carbocycles. The van der Waals surface area contributed by atoms with Crippen LogP contribution in [0, 0.1) is 6.92 Å². The van der Waals surface area contributed by atoms with E-state index >= 15 is 0 Å². The summed E-state index contributed by atoms with van der Waals surface area (Å²) in [4.78, 5) is 27.1. The third kappa shape index (κ3) is 6.66. The normalized spacial score (nSPS) is 11.8. The van der Waals surface area contributed by atoms with Gasteiger partial charge < -0.3 is 10.2 Å². The topological polar surface area (TPSA) is 49.4 Å². The number of nitrogens with zero attached hydrogens (tertiary/aromatic N) is 1. The van der Waals surface area contributed by atoms with E-state index in [0.717, 1.165) is 16.7 Å². The van der Waals surface area contributed by atoms with Crippen molar-refractivity contribution in [1.29, 1.82) is 0 Å². The van der Waals surface area contributed by atoms with Crippen LogP contribution < -0.4 is 5.32 Å². The Morgan fingerprint density at radius 2 is 1.76 bits per heavy atom. The molecule has 0 radical (unpaired) electrons. The van der Waals surface area contributed by atoms with Crippen LogP contribution in [0.4, 0.5) is 0 Å². The Morgan fingerprint density at radius 3 is 2.38 bits per heavy atom. The second-order valence-corrected chi connectivity index (χ2v) is 8.51. The predicted molar refractivity (Wildman–Crippen MR) is 122 cm³/mol. The zero-order chi connectivity index (χ0) is 21.4. The number of amides is 2. The quantitative estimate of drug-likeness (QED) is 0.576. The van der Waals surface area contributed by atoms with Gasteiger partial charge in [0, 0.05) is 28.9 Å². The van der Waals surface area contributed by atoms with E-state index in [1.807, 2.05) is 38.1 Å². The summed E-state index contributed by atoms with van der Waals surface area (Å²) in [6, 6.07) is 12.7. The van der Waals surface area contributed by atoms with Gasteiger partial charge in [0.15, 0.2) is 0 Å². The molecule has 2 rings (SSSR count). The van der Waals surface area contributed by atoms with Gasteiger partial charge in [-0.1, -0.05) is 53.5 Å². The zero-order valence-electron chi connectivity index (χ0n) is 16.9. The molecule has 0 spiro atoms. The molecule has 29 heavy (non-hydrogen) atoms. The molecule has 0 saturated carbocycles. The number of carbonyl (C=O) groups excluding carboxylic acids is 2. The summed E-state index contributed by atoms with van der Waals surface area (Å²) in [7, 11) is 0. The molecule has 1 atom stereocenters. The van der Waals surface area contributed by atoms with E-state index in [2.05, 4.69) is 5.32 Å². The van der Waals surface area contributed by atoms with Crippen LogP contribution in [0.1, 0.15) is 30.5 Å². The Morgan fingerprint density at radius 1 is 1.10 bits per heavy atom. The van der Waals surface area contributed by atoms with Gasteiger partial charge in [0.2, 0.25) is 11.8 Å². The van der Waals surface area contributed by atoms with Crippen molar-refractivity contribution in [2.75, 3.05) is 12.3 Å². The maximum absolute atomic E-state index is 13.0. The number of carbonyl (C=O) groups is 2. The summed E-state index contributed by atoms with van der Waals surface area (Å²) in [6.45, 7) is 6.54. The molecule has 0 fully saturated rings. The molecular weight excluding hydrogens is 427 g/mol. The summed E-state index contributed by atoms with van der Waals surface area (Å²) in [5.74, 6) is 0.503. The van der Waals surface area contributed by atoms with Gasteiger partial charge in [0.25, 0.3) is 0 Å². The van der Waals surface area contributed by atoms with Crippen LogP contribution in [-0.4, -0.2) is 35.1 Å². The minimum Gasteiger partial charge on any atom is -0.355 e. The average molecular weight is 453 g/mol. The van der Waals surface area contributed by atoms with E-state index in [1.165, 1.54) is 11.8 Å². The molecule has 0 bridgehead atoms. The van der Waals surface area contributed by atoms with Crippen molar-refractivity contribution in [2.45, 2.75) is 39.1 Å². The first-order valence-electron chi connectivity index (χ1n) is 9.47. The first kappa shape index (κ1) is 23.6. The average Bonchev–Trinajstić information content (AvgIpc) is 2.69. The molecule has 0 aliphatic heterocycles. The smallest absolute Gasteiger partial charge is 0.242 e. The summed E-state index contributed by atoms with van der Waals surface area (Å²) in [5, 5.41) is 3.98. The van der Waals surface area contributed by atoms with Crippen LogP contribution in [-0.2, 0) is 21.9 Å². The van der Waals surface area contributed by atoms with Crippen molar-refractivity contribution in [3.63, 3.8) is 0 Å². The maximum atomic E-state index is 13.0. The lowest BCUT2D eigenvalue weighted by Gasteiger charge is -2.29. The van der Waals surface area contributed by atoms with Gasteiger partial charge >= 0.3 is 0 Å². The van der Waals surface area contributed by atoms with Crippen LogP contribution in [0.15, 0.2) is 42.5 Å². The predicted octanol–water partition coefficient (Wildman–Crippen LogP) is 5.09. The monoisotopic (exact) mass is 452 g/mol. The van der Waals surface area contributed by atoms with Gasteiger partial charge in [0.1, 0.15) is 6.04 Å². The fourth-order valence-corrected chi connectivity index (χ4v) is 4.52. The maximum Gasteiger partial charge on any atom is 0.242 e. The second-order valence-electron chi connectivity index (χ2n) is 6.71. The lowest BCUT2D eigenvalue weighted by atomic mass is 10.1. The molecule has 2 aromatic rings. The van der Waals surface area contributed by atoms with Crippen molar-refractivity contribution < 1.29 is 9.59 Å². The molecule has 2 amide bonds. The van der Waals surface area contributed by atoms with E-state index in [4.69, 9.17) is 23.2 Å². The number of halogens is 2. The number of nitrogens with one attached hydrogen (secondary N) is 1. The van der Waals surface area contributed by atoms with Gasteiger partial charge in [-0.2, -0.15) is 0 Å².